The van der Waals surface area contributed by atoms with Crippen molar-refractivity contribution >= 4 is 9.84 Å². The summed E-state index contributed by atoms with van der Waals surface area (Å²) >= 11 is 0. The summed E-state index contributed by atoms with van der Waals surface area (Å²) in [6, 6.07) is 6.70. The molecule has 0 aromatic heterocycles. The first kappa shape index (κ1) is 17.5. The minimum atomic E-state index is -4.85. The van der Waals surface area contributed by atoms with Gasteiger partial charge < -0.3 is 0 Å². The highest BCUT2D eigenvalue weighted by Crippen LogP contribution is 2.29. The maximum atomic E-state index is 12.5. The summed E-state index contributed by atoms with van der Waals surface area (Å²) in [5.74, 6) is -3.79. The number of rotatable bonds is 3. The van der Waals surface area contributed by atoms with Crippen molar-refractivity contribution in [3.63, 3.8) is 0 Å². The molecule has 0 aliphatic carbocycles. The van der Waals surface area contributed by atoms with Crippen LogP contribution in [0.3, 0.4) is 0 Å². The number of sulfone groups is 1. The van der Waals surface area contributed by atoms with Crippen molar-refractivity contribution in [1.82, 2.24) is 0 Å². The topological polar surface area (TPSA) is 57.9 Å². The summed E-state index contributed by atoms with van der Waals surface area (Å²) in [4.78, 5) is -0.208. The van der Waals surface area contributed by atoms with E-state index in [2.05, 4.69) is 0 Å². The molecule has 21 heavy (non-hydrogen) atoms. The summed E-state index contributed by atoms with van der Waals surface area (Å²) in [7, 11) is -4.16. The number of alkyl halides is 3. The number of nitriles is 1. The summed E-state index contributed by atoms with van der Waals surface area (Å²) in [5.41, 5.74) is 0.679. The fourth-order valence-corrected chi connectivity index (χ4v) is 3.13. The van der Waals surface area contributed by atoms with Gasteiger partial charge in [-0.1, -0.05) is 32.9 Å². The van der Waals surface area contributed by atoms with Gasteiger partial charge in [-0.25, -0.2) is 8.42 Å². The van der Waals surface area contributed by atoms with Crippen LogP contribution in [0.2, 0.25) is 0 Å². The van der Waals surface area contributed by atoms with Crippen LogP contribution in [-0.4, -0.2) is 20.3 Å². The minimum absolute atomic E-state index is 0.191. The highest BCUT2D eigenvalue weighted by Gasteiger charge is 2.43. The van der Waals surface area contributed by atoms with Crippen LogP contribution in [0.4, 0.5) is 13.2 Å². The lowest BCUT2D eigenvalue weighted by Gasteiger charge is -2.19. The molecule has 0 aliphatic rings. The summed E-state index contributed by atoms with van der Waals surface area (Å²) in [6.07, 6.45) is -4.85. The zero-order valence-electron chi connectivity index (χ0n) is 11.9. The third-order valence-corrected chi connectivity index (χ3v) is 4.78. The first-order valence-electron chi connectivity index (χ1n) is 6.17. The van der Waals surface area contributed by atoms with E-state index in [0.29, 0.717) is 0 Å². The van der Waals surface area contributed by atoms with E-state index in [1.54, 1.807) is 12.1 Å². The molecule has 1 rings (SSSR count). The predicted octanol–water partition coefficient (Wildman–Crippen LogP) is 3.46. The molecule has 0 bridgehead atoms. The van der Waals surface area contributed by atoms with Crippen LogP contribution < -0.4 is 0 Å². The van der Waals surface area contributed by atoms with Crippen LogP contribution in [-0.2, 0) is 15.3 Å². The van der Waals surface area contributed by atoms with Gasteiger partial charge in [0.05, 0.1) is 16.7 Å². The second-order valence-corrected chi connectivity index (χ2v) is 7.81. The number of hydrogen-bond donors (Lipinski definition) is 0. The third kappa shape index (κ3) is 4.46. The fourth-order valence-electron chi connectivity index (χ4n) is 1.68. The van der Waals surface area contributed by atoms with Crippen molar-refractivity contribution in [3.8, 4) is 6.07 Å². The molecule has 3 nitrogen and oxygen atoms in total. The minimum Gasteiger partial charge on any atom is -0.224 e. The Balaban J connectivity index is 3.07. The summed E-state index contributed by atoms with van der Waals surface area (Å²) in [6.45, 7) is 5.81. The van der Waals surface area contributed by atoms with Gasteiger partial charge in [-0.2, -0.15) is 18.4 Å². The molecular weight excluding hydrogens is 303 g/mol. The Labute approximate surface area is 122 Å². The number of halogens is 3. The summed E-state index contributed by atoms with van der Waals surface area (Å²) in [5, 5.41) is 8.49. The van der Waals surface area contributed by atoms with Gasteiger partial charge in [0.15, 0.2) is 15.8 Å². The van der Waals surface area contributed by atoms with Gasteiger partial charge in [0, 0.05) is 0 Å². The molecule has 0 saturated carbocycles. The average molecular weight is 319 g/mol. The Bertz CT molecular complexity index is 635. The van der Waals surface area contributed by atoms with Gasteiger partial charge in [0.25, 0.3) is 0 Å². The molecule has 116 valence electrons. The van der Waals surface area contributed by atoms with Crippen molar-refractivity contribution in [3.05, 3.63) is 29.8 Å². The second-order valence-electron chi connectivity index (χ2n) is 5.78. The molecule has 1 unspecified atom stereocenters. The maximum absolute atomic E-state index is 12.5. The highest BCUT2D eigenvalue weighted by molar-refractivity contribution is 7.91. The molecule has 0 N–H and O–H groups in total. The van der Waals surface area contributed by atoms with Crippen LogP contribution in [0.15, 0.2) is 29.2 Å². The van der Waals surface area contributed by atoms with E-state index in [0.717, 1.165) is 11.6 Å². The molecule has 0 saturated heterocycles. The van der Waals surface area contributed by atoms with Crippen molar-refractivity contribution in [2.24, 2.45) is 5.92 Å². The van der Waals surface area contributed by atoms with Gasteiger partial charge >= 0.3 is 6.18 Å². The van der Waals surface area contributed by atoms with Crippen LogP contribution >= 0.6 is 0 Å². The van der Waals surface area contributed by atoms with Gasteiger partial charge in [0.1, 0.15) is 0 Å². The molecule has 0 heterocycles. The van der Waals surface area contributed by atoms with E-state index in [4.69, 9.17) is 5.26 Å². The lowest BCUT2D eigenvalue weighted by atomic mass is 9.87. The molecule has 0 amide bonds. The zero-order valence-corrected chi connectivity index (χ0v) is 12.7. The van der Waals surface area contributed by atoms with E-state index in [9.17, 15) is 21.6 Å². The zero-order chi connectivity index (χ0) is 16.5. The van der Waals surface area contributed by atoms with E-state index in [1.807, 2.05) is 20.8 Å². The lowest BCUT2D eigenvalue weighted by molar-refractivity contribution is -0.153. The van der Waals surface area contributed by atoms with E-state index < -0.39 is 27.7 Å². The predicted molar refractivity (Wildman–Crippen MR) is 72.4 cm³/mol. The molecule has 1 aromatic rings. The molecule has 1 aromatic carbocycles. The molecular formula is C14H16F3NO2S. The Morgan fingerprint density at radius 3 is 1.95 bits per heavy atom. The first-order valence-corrected chi connectivity index (χ1v) is 7.83. The van der Waals surface area contributed by atoms with Crippen LogP contribution in [0.5, 0.6) is 0 Å². The van der Waals surface area contributed by atoms with Crippen LogP contribution in [0.1, 0.15) is 26.3 Å². The van der Waals surface area contributed by atoms with Crippen molar-refractivity contribution in [1.29, 1.82) is 5.26 Å². The number of nitrogens with zero attached hydrogens (tertiary/aromatic N) is 1. The Morgan fingerprint density at radius 1 is 1.14 bits per heavy atom. The first-order chi connectivity index (χ1) is 9.38. The SMILES string of the molecule is CC(C)(C)c1ccc(S(=O)(=O)CC(C#N)C(F)(F)F)cc1. The highest BCUT2D eigenvalue weighted by atomic mass is 32.2. The molecule has 0 spiro atoms. The molecule has 1 atom stereocenters. The lowest BCUT2D eigenvalue weighted by Crippen LogP contribution is -2.29. The summed E-state index contributed by atoms with van der Waals surface area (Å²) < 4.78 is 61.4. The van der Waals surface area contributed by atoms with E-state index in [1.165, 1.54) is 12.1 Å². The maximum Gasteiger partial charge on any atom is 0.405 e. The normalized spacial score (nSPS) is 14.5. The molecule has 0 aliphatic heterocycles. The van der Waals surface area contributed by atoms with Gasteiger partial charge in [-0.05, 0) is 23.1 Å². The second kappa shape index (κ2) is 5.68. The van der Waals surface area contributed by atoms with Crippen molar-refractivity contribution in [2.45, 2.75) is 37.3 Å². The average Bonchev–Trinajstić information content (AvgIpc) is 2.34. The Hall–Kier alpha value is -1.55. The Kier molecular flexibility index (Phi) is 4.73. The van der Waals surface area contributed by atoms with Gasteiger partial charge in [-0.3, -0.25) is 0 Å². The molecule has 0 fully saturated rings. The number of hydrogen-bond acceptors (Lipinski definition) is 3. The largest absolute Gasteiger partial charge is 0.405 e. The number of benzene rings is 1. The van der Waals surface area contributed by atoms with Crippen molar-refractivity contribution in [2.75, 3.05) is 5.75 Å². The quantitative estimate of drug-likeness (QED) is 0.857. The van der Waals surface area contributed by atoms with Gasteiger partial charge in [-0.15, -0.1) is 0 Å². The fraction of sp³-hybridized carbons (Fsp3) is 0.500. The van der Waals surface area contributed by atoms with E-state index in [-0.39, 0.29) is 10.3 Å². The van der Waals surface area contributed by atoms with Crippen molar-refractivity contribution < 1.29 is 21.6 Å². The monoisotopic (exact) mass is 319 g/mol. The smallest absolute Gasteiger partial charge is 0.224 e. The van der Waals surface area contributed by atoms with Crippen LogP contribution in [0, 0.1) is 17.2 Å². The standard InChI is InChI=1S/C14H16F3NO2S/c1-13(2,3)10-4-6-12(7-5-10)21(19,20)9-11(8-18)14(15,16)17/h4-7,11H,9H2,1-3H3. The Morgan fingerprint density at radius 2 is 1.62 bits per heavy atom. The molecule has 0 radical (unpaired) electrons. The van der Waals surface area contributed by atoms with Crippen LogP contribution in [0.25, 0.3) is 0 Å². The third-order valence-electron chi connectivity index (χ3n) is 3.02. The van der Waals surface area contributed by atoms with Gasteiger partial charge in [0.2, 0.25) is 0 Å². The van der Waals surface area contributed by atoms with E-state index >= 15 is 0 Å². The molecule has 7 heteroatoms.